The van der Waals surface area contributed by atoms with E-state index >= 15 is 0 Å². The zero-order chi connectivity index (χ0) is 20.4. The molecule has 146 valence electrons. The Balaban J connectivity index is 2.11. The normalized spacial score (nSPS) is 12.0. The van der Waals surface area contributed by atoms with E-state index < -0.39 is 47.7 Å². The van der Waals surface area contributed by atoms with Gasteiger partial charge in [-0.25, -0.2) is 4.79 Å². The number of hydrogen-bond acceptors (Lipinski definition) is 4. The number of amides is 1. The lowest BCUT2D eigenvalue weighted by Crippen LogP contribution is -2.21. The summed E-state index contributed by atoms with van der Waals surface area (Å²) >= 11 is 2.93. The molecule has 2 rings (SSSR count). The molecule has 1 heterocycles. The average molecular weight is 460 g/mol. The highest BCUT2D eigenvalue weighted by molar-refractivity contribution is 9.10. The van der Waals surface area contributed by atoms with E-state index in [1.807, 2.05) is 5.32 Å². The van der Waals surface area contributed by atoms with Crippen molar-refractivity contribution in [3.8, 4) is 0 Å². The van der Waals surface area contributed by atoms with Gasteiger partial charge >= 0.3 is 18.3 Å². The Morgan fingerprint density at radius 2 is 1.56 bits per heavy atom. The number of anilines is 1. The Morgan fingerprint density at radius 3 is 2.00 bits per heavy atom. The third kappa shape index (κ3) is 5.74. The van der Waals surface area contributed by atoms with Gasteiger partial charge in [0.05, 0.1) is 11.1 Å². The van der Waals surface area contributed by atoms with E-state index in [-0.39, 0.29) is 16.5 Å². The highest BCUT2D eigenvalue weighted by atomic mass is 79.9. The van der Waals surface area contributed by atoms with E-state index in [9.17, 15) is 35.9 Å². The molecule has 27 heavy (non-hydrogen) atoms. The Hall–Kier alpha value is -2.50. The van der Waals surface area contributed by atoms with Gasteiger partial charge in [0.2, 0.25) is 5.76 Å². The maximum absolute atomic E-state index is 12.8. The SMILES string of the molecule is O=C(COC(=O)c1ccc(Br)o1)Nc1cc(C(F)(F)F)cc(C(F)(F)F)c1. The summed E-state index contributed by atoms with van der Waals surface area (Å²) in [5.74, 6) is -2.44. The van der Waals surface area contributed by atoms with E-state index in [2.05, 4.69) is 20.7 Å². The van der Waals surface area contributed by atoms with Crippen LogP contribution in [0.25, 0.3) is 0 Å². The number of furan rings is 1. The second-order valence-electron chi connectivity index (χ2n) is 5.02. The van der Waals surface area contributed by atoms with Crippen LogP contribution in [0.5, 0.6) is 0 Å². The summed E-state index contributed by atoms with van der Waals surface area (Å²) in [7, 11) is 0. The lowest BCUT2D eigenvalue weighted by atomic mass is 10.1. The largest absolute Gasteiger partial charge is 0.450 e. The Bertz CT molecular complexity index is 826. The van der Waals surface area contributed by atoms with Crippen molar-refractivity contribution in [3.63, 3.8) is 0 Å². The molecule has 12 heteroatoms. The molecule has 0 bridgehead atoms. The summed E-state index contributed by atoms with van der Waals surface area (Å²) in [6.45, 7) is -0.950. The predicted molar refractivity (Wildman–Crippen MR) is 81.8 cm³/mol. The van der Waals surface area contributed by atoms with Crippen molar-refractivity contribution in [2.24, 2.45) is 0 Å². The molecule has 0 aliphatic rings. The van der Waals surface area contributed by atoms with Gasteiger partial charge in [0.15, 0.2) is 11.3 Å². The standard InChI is InChI=1S/C15H8BrF6NO4/c16-11-2-1-10(27-11)13(25)26-6-12(24)23-9-4-7(14(17,18)19)3-8(5-9)15(20,21)22/h1-5H,6H2,(H,23,24). The number of carbonyl (C=O) groups excluding carboxylic acids is 2. The summed E-state index contributed by atoms with van der Waals surface area (Å²) in [5, 5.41) is 1.82. The molecule has 1 aromatic carbocycles. The lowest BCUT2D eigenvalue weighted by Gasteiger charge is -2.14. The summed E-state index contributed by atoms with van der Waals surface area (Å²) in [5.41, 5.74) is -3.94. The van der Waals surface area contributed by atoms with Crippen molar-refractivity contribution in [1.29, 1.82) is 0 Å². The molecule has 0 unspecified atom stereocenters. The van der Waals surface area contributed by atoms with E-state index in [4.69, 9.17) is 4.42 Å². The van der Waals surface area contributed by atoms with Gasteiger partial charge in [-0.05, 0) is 46.3 Å². The first kappa shape index (κ1) is 20.8. The fourth-order valence-electron chi connectivity index (χ4n) is 1.85. The van der Waals surface area contributed by atoms with Crippen LogP contribution < -0.4 is 5.32 Å². The zero-order valence-electron chi connectivity index (χ0n) is 12.9. The fourth-order valence-corrected chi connectivity index (χ4v) is 2.16. The van der Waals surface area contributed by atoms with Crippen molar-refractivity contribution in [2.75, 3.05) is 11.9 Å². The third-order valence-corrected chi connectivity index (χ3v) is 3.41. The minimum Gasteiger partial charge on any atom is -0.450 e. The number of halogens is 7. The first-order valence-corrected chi connectivity index (χ1v) is 7.67. The van der Waals surface area contributed by atoms with Crippen molar-refractivity contribution >= 4 is 33.5 Å². The molecular formula is C15H8BrF6NO4. The second kappa shape index (κ2) is 7.62. The number of nitrogens with one attached hydrogen (secondary N) is 1. The summed E-state index contributed by atoms with van der Waals surface area (Å²) in [6, 6.07) is 3.19. The summed E-state index contributed by atoms with van der Waals surface area (Å²) in [6.07, 6.45) is -10.1. The first-order chi connectivity index (χ1) is 12.4. The number of hydrogen-bond donors (Lipinski definition) is 1. The monoisotopic (exact) mass is 459 g/mol. The quantitative estimate of drug-likeness (QED) is 0.522. The van der Waals surface area contributed by atoms with Crippen molar-refractivity contribution in [3.05, 3.63) is 51.9 Å². The van der Waals surface area contributed by atoms with Gasteiger partial charge in [-0.15, -0.1) is 0 Å². The number of ether oxygens (including phenoxy) is 1. The molecule has 0 aliphatic carbocycles. The molecule has 5 nitrogen and oxygen atoms in total. The van der Waals surface area contributed by atoms with Gasteiger partial charge in [-0.2, -0.15) is 26.3 Å². The van der Waals surface area contributed by atoms with Crippen LogP contribution in [-0.2, 0) is 21.9 Å². The summed E-state index contributed by atoms with van der Waals surface area (Å²) < 4.78 is 86.2. The van der Waals surface area contributed by atoms with Crippen LogP contribution in [0.1, 0.15) is 21.7 Å². The minimum atomic E-state index is -5.06. The number of esters is 1. The van der Waals surface area contributed by atoms with Gasteiger partial charge in [0, 0.05) is 5.69 Å². The fraction of sp³-hybridized carbons (Fsp3) is 0.200. The van der Waals surface area contributed by atoms with E-state index in [1.54, 1.807) is 0 Å². The highest BCUT2D eigenvalue weighted by Crippen LogP contribution is 2.37. The first-order valence-electron chi connectivity index (χ1n) is 6.88. The van der Waals surface area contributed by atoms with Gasteiger partial charge in [0.1, 0.15) is 0 Å². The van der Waals surface area contributed by atoms with Crippen molar-refractivity contribution in [1.82, 2.24) is 0 Å². The van der Waals surface area contributed by atoms with Crippen LogP contribution in [-0.4, -0.2) is 18.5 Å². The molecule has 1 N–H and O–H groups in total. The molecule has 0 saturated heterocycles. The molecule has 0 aliphatic heterocycles. The number of benzene rings is 1. The molecule has 1 amide bonds. The number of carbonyl (C=O) groups is 2. The van der Waals surface area contributed by atoms with Crippen molar-refractivity contribution < 1.29 is 45.1 Å². The lowest BCUT2D eigenvalue weighted by molar-refractivity contribution is -0.143. The molecule has 0 spiro atoms. The van der Waals surface area contributed by atoms with Gasteiger partial charge < -0.3 is 14.5 Å². The minimum absolute atomic E-state index is 0.0789. The van der Waals surface area contributed by atoms with Crippen LogP contribution in [0.15, 0.2) is 39.4 Å². The summed E-state index contributed by atoms with van der Waals surface area (Å²) in [4.78, 5) is 23.3. The molecule has 2 aromatic rings. The predicted octanol–water partition coefficient (Wildman–Crippen LogP) is 4.88. The third-order valence-electron chi connectivity index (χ3n) is 2.98. The maximum Gasteiger partial charge on any atom is 0.416 e. The van der Waals surface area contributed by atoms with Crippen LogP contribution in [0, 0.1) is 0 Å². The Labute approximate surface area is 155 Å². The average Bonchev–Trinajstić information content (AvgIpc) is 2.97. The molecule has 0 saturated carbocycles. The van der Waals surface area contributed by atoms with Gasteiger partial charge in [-0.3, -0.25) is 4.79 Å². The molecule has 0 atom stereocenters. The molecule has 0 fully saturated rings. The van der Waals surface area contributed by atoms with Crippen LogP contribution in [0.3, 0.4) is 0 Å². The maximum atomic E-state index is 12.8. The van der Waals surface area contributed by atoms with Crippen molar-refractivity contribution in [2.45, 2.75) is 12.4 Å². The molecule has 1 aromatic heterocycles. The Morgan fingerprint density at radius 1 is 1.00 bits per heavy atom. The van der Waals surface area contributed by atoms with Crippen LogP contribution >= 0.6 is 15.9 Å². The topological polar surface area (TPSA) is 68.5 Å². The highest BCUT2D eigenvalue weighted by Gasteiger charge is 2.37. The van der Waals surface area contributed by atoms with Gasteiger partial charge in [0.25, 0.3) is 5.91 Å². The van der Waals surface area contributed by atoms with Crippen LogP contribution in [0.2, 0.25) is 0 Å². The van der Waals surface area contributed by atoms with Gasteiger partial charge in [-0.1, -0.05) is 0 Å². The zero-order valence-corrected chi connectivity index (χ0v) is 14.5. The molecule has 0 radical (unpaired) electrons. The van der Waals surface area contributed by atoms with Crippen LogP contribution in [0.4, 0.5) is 32.0 Å². The van der Waals surface area contributed by atoms with E-state index in [1.165, 1.54) is 12.1 Å². The number of alkyl halides is 6. The second-order valence-corrected chi connectivity index (χ2v) is 5.80. The van der Waals surface area contributed by atoms with E-state index in [0.717, 1.165) is 0 Å². The Kier molecular flexibility index (Phi) is 5.88. The van der Waals surface area contributed by atoms with E-state index in [0.29, 0.717) is 12.1 Å². The molecular weight excluding hydrogens is 452 g/mol. The smallest absolute Gasteiger partial charge is 0.416 e. The number of rotatable bonds is 4.